The van der Waals surface area contributed by atoms with Gasteiger partial charge in [0, 0.05) is 19.1 Å². The molecule has 0 spiro atoms. The summed E-state index contributed by atoms with van der Waals surface area (Å²) in [5.74, 6) is -0.687. The number of aryl methyl sites for hydroxylation is 1. The number of rotatable bonds is 4. The van der Waals surface area contributed by atoms with E-state index in [0.29, 0.717) is 34.1 Å². The second kappa shape index (κ2) is 9.30. The van der Waals surface area contributed by atoms with Crippen molar-refractivity contribution in [2.75, 3.05) is 18.4 Å². The fraction of sp³-hybridized carbons (Fsp3) is 0.429. The van der Waals surface area contributed by atoms with Crippen LogP contribution in [0.25, 0.3) is 0 Å². The first-order valence-electron chi connectivity index (χ1n) is 9.50. The largest absolute Gasteiger partial charge is 0.344 e. The van der Waals surface area contributed by atoms with Gasteiger partial charge in [-0.2, -0.15) is 0 Å². The number of benzene rings is 1. The van der Waals surface area contributed by atoms with Crippen LogP contribution in [0.4, 0.5) is 15.1 Å². The molecule has 0 bridgehead atoms. The molecule has 1 aliphatic rings. The second-order valence-corrected chi connectivity index (χ2v) is 7.75. The zero-order valence-corrected chi connectivity index (χ0v) is 17.9. The third-order valence-corrected chi connectivity index (χ3v) is 5.87. The summed E-state index contributed by atoms with van der Waals surface area (Å²) in [7, 11) is 0. The molecule has 5 nitrogen and oxygen atoms in total. The standard InChI is InChI=1S/C19H22FN3O2S.C2H6/c1-10-4-5-15(14(20)8-10)22-18-16(11(2)17(26-18)12(3)24)19(25)23-7-6-13(21)9-23;1-2/h4-5,8,13,22H,6-7,9,21H2,1-3H3;1-2H3. The van der Waals surface area contributed by atoms with Gasteiger partial charge >= 0.3 is 0 Å². The number of thiophene rings is 1. The van der Waals surface area contributed by atoms with Crippen LogP contribution < -0.4 is 11.1 Å². The third-order valence-electron chi connectivity index (χ3n) is 4.57. The minimum absolute atomic E-state index is 0.0314. The predicted molar refractivity (Wildman–Crippen MR) is 113 cm³/mol. The Balaban J connectivity index is 0.00000136. The molecular weight excluding hydrogens is 377 g/mol. The summed E-state index contributed by atoms with van der Waals surface area (Å²) in [6.07, 6.45) is 0.754. The molecule has 2 aromatic rings. The molecule has 0 radical (unpaired) electrons. The molecule has 1 atom stereocenters. The first kappa shape index (κ1) is 22.0. The summed E-state index contributed by atoms with van der Waals surface area (Å²) in [5.41, 5.74) is 8.06. The van der Waals surface area contributed by atoms with E-state index in [-0.39, 0.29) is 23.4 Å². The molecule has 2 heterocycles. The van der Waals surface area contributed by atoms with E-state index in [0.717, 1.165) is 12.0 Å². The van der Waals surface area contributed by atoms with E-state index in [4.69, 9.17) is 5.73 Å². The van der Waals surface area contributed by atoms with Crippen LogP contribution in [0.2, 0.25) is 0 Å². The monoisotopic (exact) mass is 405 g/mol. The second-order valence-electron chi connectivity index (χ2n) is 6.72. The highest BCUT2D eigenvalue weighted by Crippen LogP contribution is 2.37. The van der Waals surface area contributed by atoms with Crippen molar-refractivity contribution in [1.29, 1.82) is 0 Å². The van der Waals surface area contributed by atoms with Crippen LogP contribution in [-0.2, 0) is 0 Å². The van der Waals surface area contributed by atoms with Crippen molar-refractivity contribution in [2.45, 2.75) is 47.1 Å². The number of anilines is 2. The first-order valence-corrected chi connectivity index (χ1v) is 10.3. The van der Waals surface area contributed by atoms with Gasteiger partial charge < -0.3 is 16.0 Å². The van der Waals surface area contributed by atoms with Crippen molar-refractivity contribution in [3.05, 3.63) is 45.6 Å². The molecule has 1 saturated heterocycles. The maximum atomic E-state index is 14.3. The van der Waals surface area contributed by atoms with Gasteiger partial charge in [0.2, 0.25) is 0 Å². The van der Waals surface area contributed by atoms with Gasteiger partial charge in [0.25, 0.3) is 5.91 Å². The molecule has 3 rings (SSSR count). The lowest BCUT2D eigenvalue weighted by Crippen LogP contribution is -2.32. The summed E-state index contributed by atoms with van der Waals surface area (Å²) in [6, 6.07) is 4.82. The maximum absolute atomic E-state index is 14.3. The van der Waals surface area contributed by atoms with Crippen LogP contribution in [-0.4, -0.2) is 35.7 Å². The molecule has 1 aromatic carbocycles. The quantitative estimate of drug-likeness (QED) is 0.726. The Hall–Kier alpha value is -2.25. The topological polar surface area (TPSA) is 75.4 Å². The zero-order chi connectivity index (χ0) is 21.0. The number of amides is 1. The molecule has 1 fully saturated rings. The Morgan fingerprint density at radius 2 is 1.96 bits per heavy atom. The predicted octanol–water partition coefficient (Wildman–Crippen LogP) is 4.65. The van der Waals surface area contributed by atoms with Gasteiger partial charge in [0.15, 0.2) is 5.78 Å². The Bertz CT molecular complexity index is 879. The number of nitrogens with one attached hydrogen (secondary N) is 1. The van der Waals surface area contributed by atoms with Crippen LogP contribution >= 0.6 is 11.3 Å². The minimum Gasteiger partial charge on any atom is -0.344 e. The molecule has 1 amide bonds. The number of carbonyl (C=O) groups excluding carboxylic acids is 2. The van der Waals surface area contributed by atoms with Gasteiger partial charge in [-0.15, -0.1) is 11.3 Å². The van der Waals surface area contributed by atoms with E-state index < -0.39 is 5.82 Å². The number of halogens is 1. The van der Waals surface area contributed by atoms with E-state index in [2.05, 4.69) is 5.32 Å². The van der Waals surface area contributed by atoms with E-state index in [1.54, 1.807) is 24.0 Å². The number of likely N-dealkylation sites (tertiary alicyclic amines) is 1. The van der Waals surface area contributed by atoms with Gasteiger partial charge in [-0.25, -0.2) is 4.39 Å². The van der Waals surface area contributed by atoms with Gasteiger partial charge in [-0.3, -0.25) is 9.59 Å². The molecular formula is C21H28FN3O2S. The highest BCUT2D eigenvalue weighted by Gasteiger charge is 2.30. The fourth-order valence-corrected chi connectivity index (χ4v) is 4.28. The number of hydrogen-bond donors (Lipinski definition) is 2. The van der Waals surface area contributed by atoms with E-state index >= 15 is 0 Å². The van der Waals surface area contributed by atoms with Gasteiger partial charge in [0.1, 0.15) is 10.8 Å². The van der Waals surface area contributed by atoms with Crippen LogP contribution in [0.15, 0.2) is 18.2 Å². The molecule has 0 saturated carbocycles. The maximum Gasteiger partial charge on any atom is 0.257 e. The summed E-state index contributed by atoms with van der Waals surface area (Å²) >= 11 is 1.18. The molecule has 0 aliphatic carbocycles. The summed E-state index contributed by atoms with van der Waals surface area (Å²) in [6.45, 7) is 10.1. The molecule has 152 valence electrons. The molecule has 28 heavy (non-hydrogen) atoms. The number of Topliss-reactive ketones (excluding diaryl/α,β-unsaturated/α-hetero) is 1. The van der Waals surface area contributed by atoms with Crippen molar-refractivity contribution in [3.63, 3.8) is 0 Å². The van der Waals surface area contributed by atoms with Gasteiger partial charge in [-0.1, -0.05) is 19.9 Å². The van der Waals surface area contributed by atoms with Crippen molar-refractivity contribution in [3.8, 4) is 0 Å². The van der Waals surface area contributed by atoms with Crippen molar-refractivity contribution in [1.82, 2.24) is 4.90 Å². The first-order chi connectivity index (χ1) is 13.3. The lowest BCUT2D eigenvalue weighted by Gasteiger charge is -2.17. The summed E-state index contributed by atoms with van der Waals surface area (Å²) < 4.78 is 14.3. The number of nitrogens with two attached hydrogens (primary N) is 1. The SMILES string of the molecule is CC.CC(=O)c1sc(Nc2ccc(C)cc2F)c(C(=O)N2CCC(N)C2)c1C. The Labute approximate surface area is 169 Å². The summed E-state index contributed by atoms with van der Waals surface area (Å²) in [4.78, 5) is 27.2. The lowest BCUT2D eigenvalue weighted by molar-refractivity contribution is 0.0791. The van der Waals surface area contributed by atoms with E-state index in [9.17, 15) is 14.0 Å². The van der Waals surface area contributed by atoms with Crippen molar-refractivity contribution in [2.24, 2.45) is 5.73 Å². The number of ketones is 1. The average Bonchev–Trinajstić information content (AvgIpc) is 3.22. The van der Waals surface area contributed by atoms with Gasteiger partial charge in [-0.05, 0) is 50.5 Å². The smallest absolute Gasteiger partial charge is 0.257 e. The van der Waals surface area contributed by atoms with E-state index in [1.165, 1.54) is 24.3 Å². The number of carbonyl (C=O) groups is 2. The average molecular weight is 406 g/mol. The zero-order valence-electron chi connectivity index (χ0n) is 17.1. The molecule has 1 aliphatic heterocycles. The molecule has 7 heteroatoms. The van der Waals surface area contributed by atoms with Crippen LogP contribution in [0.1, 0.15) is 58.3 Å². The molecule has 3 N–H and O–H groups in total. The molecule has 1 aromatic heterocycles. The van der Waals surface area contributed by atoms with Crippen LogP contribution in [0.3, 0.4) is 0 Å². The Morgan fingerprint density at radius 3 is 2.50 bits per heavy atom. The Morgan fingerprint density at radius 1 is 1.29 bits per heavy atom. The minimum atomic E-state index is -0.401. The van der Waals surface area contributed by atoms with Crippen molar-refractivity contribution < 1.29 is 14.0 Å². The van der Waals surface area contributed by atoms with Crippen LogP contribution in [0.5, 0.6) is 0 Å². The molecule has 1 unspecified atom stereocenters. The van der Waals surface area contributed by atoms with Gasteiger partial charge in [0.05, 0.1) is 16.1 Å². The normalized spacial score (nSPS) is 15.8. The number of hydrogen-bond acceptors (Lipinski definition) is 5. The Kier molecular flexibility index (Phi) is 7.32. The summed E-state index contributed by atoms with van der Waals surface area (Å²) in [5, 5.41) is 3.50. The third kappa shape index (κ3) is 4.59. The highest BCUT2D eigenvalue weighted by atomic mass is 32.1. The van der Waals surface area contributed by atoms with Crippen molar-refractivity contribution >= 4 is 33.7 Å². The van der Waals surface area contributed by atoms with Crippen LogP contribution in [0, 0.1) is 19.7 Å². The van der Waals surface area contributed by atoms with E-state index in [1.807, 2.05) is 20.8 Å². The lowest BCUT2D eigenvalue weighted by atomic mass is 10.1. The highest BCUT2D eigenvalue weighted by molar-refractivity contribution is 7.18. The number of nitrogens with zero attached hydrogens (tertiary/aromatic N) is 1. The fourth-order valence-electron chi connectivity index (χ4n) is 3.17.